The Morgan fingerprint density at radius 2 is 1.78 bits per heavy atom. The summed E-state index contributed by atoms with van der Waals surface area (Å²) in [6.07, 6.45) is 7.52. The SMILES string of the molecule is Clc1ccc2nc(N3CCC(c4ncccn4)CC3)cnc2c1. The Kier molecular flexibility index (Phi) is 3.79. The minimum atomic E-state index is 0.430. The van der Waals surface area contributed by atoms with Crippen molar-refractivity contribution in [3.63, 3.8) is 0 Å². The maximum atomic E-state index is 5.99. The van der Waals surface area contributed by atoms with E-state index in [2.05, 4.69) is 19.9 Å². The summed E-state index contributed by atoms with van der Waals surface area (Å²) < 4.78 is 0. The fourth-order valence-corrected chi connectivity index (χ4v) is 3.18. The van der Waals surface area contributed by atoms with E-state index in [0.717, 1.165) is 48.6 Å². The summed E-state index contributed by atoms with van der Waals surface area (Å²) >= 11 is 5.99. The summed E-state index contributed by atoms with van der Waals surface area (Å²) in [5, 5.41) is 0.684. The van der Waals surface area contributed by atoms with Gasteiger partial charge in [-0.2, -0.15) is 0 Å². The average molecular weight is 326 g/mol. The Bertz CT molecular complexity index is 816. The van der Waals surface area contributed by atoms with Gasteiger partial charge >= 0.3 is 0 Å². The van der Waals surface area contributed by atoms with Crippen LogP contribution in [0.25, 0.3) is 11.0 Å². The van der Waals surface area contributed by atoms with Gasteiger partial charge in [0.1, 0.15) is 11.6 Å². The van der Waals surface area contributed by atoms with Crippen LogP contribution in [-0.4, -0.2) is 33.0 Å². The van der Waals surface area contributed by atoms with Gasteiger partial charge in [-0.1, -0.05) is 11.6 Å². The number of piperidine rings is 1. The Hall–Kier alpha value is -2.27. The van der Waals surface area contributed by atoms with Gasteiger partial charge in [-0.3, -0.25) is 4.98 Å². The first kappa shape index (κ1) is 14.3. The molecule has 1 fully saturated rings. The summed E-state index contributed by atoms with van der Waals surface area (Å²) in [7, 11) is 0. The van der Waals surface area contributed by atoms with Crippen LogP contribution in [0.2, 0.25) is 5.02 Å². The zero-order valence-corrected chi connectivity index (χ0v) is 13.3. The van der Waals surface area contributed by atoms with E-state index in [9.17, 15) is 0 Å². The Morgan fingerprint density at radius 1 is 1.00 bits per heavy atom. The number of nitrogens with zero attached hydrogens (tertiary/aromatic N) is 5. The van der Waals surface area contributed by atoms with Crippen LogP contribution in [0.3, 0.4) is 0 Å². The van der Waals surface area contributed by atoms with Crippen LogP contribution in [-0.2, 0) is 0 Å². The van der Waals surface area contributed by atoms with Crippen molar-refractivity contribution in [2.24, 2.45) is 0 Å². The van der Waals surface area contributed by atoms with Crippen LogP contribution in [0.15, 0.2) is 42.9 Å². The van der Waals surface area contributed by atoms with E-state index >= 15 is 0 Å². The lowest BCUT2D eigenvalue weighted by molar-refractivity contribution is 0.483. The minimum absolute atomic E-state index is 0.430. The van der Waals surface area contributed by atoms with Gasteiger partial charge in [-0.25, -0.2) is 15.0 Å². The van der Waals surface area contributed by atoms with E-state index in [1.807, 2.05) is 42.9 Å². The van der Waals surface area contributed by atoms with Crippen LogP contribution in [0.4, 0.5) is 5.82 Å². The van der Waals surface area contributed by atoms with Gasteiger partial charge in [0, 0.05) is 36.4 Å². The fourth-order valence-electron chi connectivity index (χ4n) is 3.01. The molecule has 0 spiro atoms. The van der Waals surface area contributed by atoms with Gasteiger partial charge in [0.05, 0.1) is 17.2 Å². The van der Waals surface area contributed by atoms with E-state index in [-0.39, 0.29) is 0 Å². The zero-order valence-electron chi connectivity index (χ0n) is 12.6. The van der Waals surface area contributed by atoms with Crippen molar-refractivity contribution in [2.75, 3.05) is 18.0 Å². The lowest BCUT2D eigenvalue weighted by Gasteiger charge is -2.31. The summed E-state index contributed by atoms with van der Waals surface area (Å²) in [6, 6.07) is 7.46. The summed E-state index contributed by atoms with van der Waals surface area (Å²) in [5.74, 6) is 2.30. The topological polar surface area (TPSA) is 54.8 Å². The van der Waals surface area contributed by atoms with Gasteiger partial charge in [0.25, 0.3) is 0 Å². The highest BCUT2D eigenvalue weighted by molar-refractivity contribution is 6.31. The van der Waals surface area contributed by atoms with Crippen LogP contribution >= 0.6 is 11.6 Å². The molecular formula is C17H16ClN5. The molecule has 116 valence electrons. The van der Waals surface area contributed by atoms with E-state index in [0.29, 0.717) is 10.9 Å². The maximum absolute atomic E-state index is 5.99. The smallest absolute Gasteiger partial charge is 0.147 e. The number of hydrogen-bond donors (Lipinski definition) is 0. The molecule has 2 aromatic heterocycles. The Balaban J connectivity index is 1.51. The van der Waals surface area contributed by atoms with Gasteiger partial charge in [-0.15, -0.1) is 0 Å². The fraction of sp³-hybridized carbons (Fsp3) is 0.294. The molecule has 0 amide bonds. The number of rotatable bonds is 2. The highest BCUT2D eigenvalue weighted by atomic mass is 35.5. The molecule has 0 atom stereocenters. The number of fused-ring (bicyclic) bond motifs is 1. The second-order valence-electron chi connectivity index (χ2n) is 5.73. The molecular weight excluding hydrogens is 310 g/mol. The van der Waals surface area contributed by atoms with Gasteiger partial charge in [0.2, 0.25) is 0 Å². The third kappa shape index (κ3) is 2.97. The van der Waals surface area contributed by atoms with Crippen molar-refractivity contribution in [2.45, 2.75) is 18.8 Å². The Labute approximate surface area is 139 Å². The number of aromatic nitrogens is 4. The molecule has 0 aliphatic carbocycles. The number of hydrogen-bond acceptors (Lipinski definition) is 5. The molecule has 3 aromatic rings. The minimum Gasteiger partial charge on any atom is -0.355 e. The lowest BCUT2D eigenvalue weighted by Crippen LogP contribution is -2.34. The zero-order chi connectivity index (χ0) is 15.6. The standard InChI is InChI=1S/C17H16ClN5/c18-13-2-3-14-15(10-13)21-11-16(22-14)23-8-4-12(5-9-23)17-19-6-1-7-20-17/h1-3,6-7,10-12H,4-5,8-9H2. The first-order chi connectivity index (χ1) is 11.3. The van der Waals surface area contributed by atoms with Crippen LogP contribution in [0.5, 0.6) is 0 Å². The highest BCUT2D eigenvalue weighted by Crippen LogP contribution is 2.28. The van der Waals surface area contributed by atoms with Crippen molar-refractivity contribution >= 4 is 28.5 Å². The van der Waals surface area contributed by atoms with E-state index < -0.39 is 0 Å². The molecule has 0 saturated carbocycles. The predicted octanol–water partition coefficient (Wildman–Crippen LogP) is 3.46. The van der Waals surface area contributed by atoms with Gasteiger partial charge in [-0.05, 0) is 37.1 Å². The van der Waals surface area contributed by atoms with Crippen molar-refractivity contribution < 1.29 is 0 Å². The van der Waals surface area contributed by atoms with E-state index in [1.54, 1.807) is 0 Å². The Morgan fingerprint density at radius 3 is 2.57 bits per heavy atom. The molecule has 3 heterocycles. The molecule has 0 N–H and O–H groups in total. The molecule has 0 unspecified atom stereocenters. The first-order valence-electron chi connectivity index (χ1n) is 7.74. The molecule has 4 rings (SSSR count). The van der Waals surface area contributed by atoms with Crippen molar-refractivity contribution in [3.8, 4) is 0 Å². The molecule has 5 nitrogen and oxygen atoms in total. The number of benzene rings is 1. The number of halogens is 1. The second-order valence-corrected chi connectivity index (χ2v) is 6.17. The van der Waals surface area contributed by atoms with E-state index in [1.165, 1.54) is 0 Å². The molecule has 0 bridgehead atoms. The largest absolute Gasteiger partial charge is 0.355 e. The molecule has 1 aliphatic heterocycles. The van der Waals surface area contributed by atoms with Crippen LogP contribution < -0.4 is 4.90 Å². The first-order valence-corrected chi connectivity index (χ1v) is 8.11. The molecule has 0 radical (unpaired) electrons. The van der Waals surface area contributed by atoms with Gasteiger partial charge < -0.3 is 4.90 Å². The molecule has 1 aliphatic rings. The van der Waals surface area contributed by atoms with E-state index in [4.69, 9.17) is 16.6 Å². The van der Waals surface area contributed by atoms with Crippen LogP contribution in [0.1, 0.15) is 24.6 Å². The highest BCUT2D eigenvalue weighted by Gasteiger charge is 2.23. The second kappa shape index (κ2) is 6.08. The van der Waals surface area contributed by atoms with Crippen LogP contribution in [0, 0.1) is 0 Å². The normalized spacial score (nSPS) is 16.0. The van der Waals surface area contributed by atoms with Crippen molar-refractivity contribution in [1.29, 1.82) is 0 Å². The molecule has 1 saturated heterocycles. The lowest BCUT2D eigenvalue weighted by atomic mass is 9.96. The van der Waals surface area contributed by atoms with Crippen molar-refractivity contribution in [3.05, 3.63) is 53.7 Å². The summed E-state index contributed by atoms with van der Waals surface area (Å²) in [4.78, 5) is 20.2. The predicted molar refractivity (Wildman–Crippen MR) is 90.8 cm³/mol. The third-order valence-electron chi connectivity index (χ3n) is 4.26. The maximum Gasteiger partial charge on any atom is 0.147 e. The molecule has 23 heavy (non-hydrogen) atoms. The third-order valence-corrected chi connectivity index (χ3v) is 4.50. The monoisotopic (exact) mass is 325 g/mol. The molecule has 6 heteroatoms. The number of anilines is 1. The summed E-state index contributed by atoms with van der Waals surface area (Å²) in [5.41, 5.74) is 1.70. The average Bonchev–Trinajstić information content (AvgIpc) is 2.62. The van der Waals surface area contributed by atoms with Gasteiger partial charge in [0.15, 0.2) is 0 Å². The quantitative estimate of drug-likeness (QED) is 0.722. The molecule has 1 aromatic carbocycles. The van der Waals surface area contributed by atoms with Crippen molar-refractivity contribution in [1.82, 2.24) is 19.9 Å². The summed E-state index contributed by atoms with van der Waals surface area (Å²) in [6.45, 7) is 1.88.